The van der Waals surface area contributed by atoms with Crippen molar-refractivity contribution in [2.24, 2.45) is 11.7 Å². The van der Waals surface area contributed by atoms with Crippen LogP contribution in [-0.2, 0) is 14.9 Å². The Morgan fingerprint density at radius 2 is 1.89 bits per heavy atom. The summed E-state index contributed by atoms with van der Waals surface area (Å²) in [4.78, 5) is 0. The van der Waals surface area contributed by atoms with Crippen molar-refractivity contribution in [2.45, 2.75) is 44.9 Å². The van der Waals surface area contributed by atoms with E-state index in [4.69, 9.17) is 10.5 Å². The highest BCUT2D eigenvalue weighted by Gasteiger charge is 2.37. The fourth-order valence-electron chi connectivity index (χ4n) is 2.43. The van der Waals surface area contributed by atoms with E-state index in [1.165, 1.54) is 4.31 Å². The Hall–Kier alpha value is -0.210. The molecule has 1 saturated carbocycles. The SMILES string of the molecule is CC1CN(S(=O)(=O)NC(CN)C2CC2)CC(C)O1. The van der Waals surface area contributed by atoms with Crippen LogP contribution in [0.1, 0.15) is 26.7 Å². The summed E-state index contributed by atoms with van der Waals surface area (Å²) < 4.78 is 34.3. The summed E-state index contributed by atoms with van der Waals surface area (Å²) in [5.74, 6) is 0.417. The third kappa shape index (κ3) is 3.42. The van der Waals surface area contributed by atoms with Crippen LogP contribution in [0.15, 0.2) is 0 Å². The first kappa shape index (κ1) is 14.2. The van der Waals surface area contributed by atoms with E-state index in [1.807, 2.05) is 13.8 Å². The number of nitrogens with one attached hydrogen (secondary N) is 1. The first-order valence-electron chi connectivity index (χ1n) is 6.55. The molecule has 3 unspecified atom stereocenters. The Morgan fingerprint density at radius 3 is 2.33 bits per heavy atom. The third-order valence-corrected chi connectivity index (χ3v) is 5.05. The van der Waals surface area contributed by atoms with Crippen molar-refractivity contribution in [1.29, 1.82) is 0 Å². The number of nitrogens with two attached hydrogens (primary N) is 1. The molecule has 3 N–H and O–H groups in total. The summed E-state index contributed by atoms with van der Waals surface area (Å²) in [6.45, 7) is 4.95. The van der Waals surface area contributed by atoms with E-state index in [0.29, 0.717) is 25.6 Å². The number of rotatable bonds is 5. The zero-order chi connectivity index (χ0) is 13.3. The summed E-state index contributed by atoms with van der Waals surface area (Å²) in [5, 5.41) is 0. The fourth-order valence-corrected chi connectivity index (χ4v) is 4.06. The highest BCUT2D eigenvalue weighted by molar-refractivity contribution is 7.87. The minimum atomic E-state index is -3.44. The van der Waals surface area contributed by atoms with E-state index in [2.05, 4.69) is 4.72 Å². The van der Waals surface area contributed by atoms with E-state index in [9.17, 15) is 8.42 Å². The second-order valence-electron chi connectivity index (χ2n) is 5.38. The number of morpholine rings is 1. The zero-order valence-corrected chi connectivity index (χ0v) is 11.8. The van der Waals surface area contributed by atoms with Crippen LogP contribution in [0, 0.1) is 5.92 Å². The molecule has 1 heterocycles. The van der Waals surface area contributed by atoms with Crippen LogP contribution in [0.2, 0.25) is 0 Å². The van der Waals surface area contributed by atoms with Gasteiger partial charge < -0.3 is 10.5 Å². The maximum Gasteiger partial charge on any atom is 0.279 e. The molecular weight excluding hydrogens is 254 g/mol. The lowest BCUT2D eigenvalue weighted by Crippen LogP contribution is -2.55. The van der Waals surface area contributed by atoms with Crippen molar-refractivity contribution in [1.82, 2.24) is 9.03 Å². The minimum Gasteiger partial charge on any atom is -0.373 e. The van der Waals surface area contributed by atoms with E-state index in [0.717, 1.165) is 12.8 Å². The Morgan fingerprint density at radius 1 is 1.33 bits per heavy atom. The molecule has 2 aliphatic rings. The summed E-state index contributed by atoms with van der Waals surface area (Å²) in [6.07, 6.45) is 2.01. The second-order valence-corrected chi connectivity index (χ2v) is 7.08. The quantitative estimate of drug-likeness (QED) is 0.720. The van der Waals surface area contributed by atoms with Gasteiger partial charge in [-0.1, -0.05) is 0 Å². The fraction of sp³-hybridized carbons (Fsp3) is 1.00. The van der Waals surface area contributed by atoms with Crippen molar-refractivity contribution in [3.05, 3.63) is 0 Å². The summed E-state index contributed by atoms with van der Waals surface area (Å²) >= 11 is 0. The monoisotopic (exact) mass is 277 g/mol. The van der Waals surface area contributed by atoms with Gasteiger partial charge in [0.2, 0.25) is 0 Å². The van der Waals surface area contributed by atoms with Gasteiger partial charge in [0.05, 0.1) is 12.2 Å². The van der Waals surface area contributed by atoms with Gasteiger partial charge in [-0.3, -0.25) is 0 Å². The van der Waals surface area contributed by atoms with Crippen molar-refractivity contribution >= 4 is 10.2 Å². The van der Waals surface area contributed by atoms with Gasteiger partial charge in [0, 0.05) is 25.7 Å². The molecule has 2 rings (SSSR count). The highest BCUT2D eigenvalue weighted by Crippen LogP contribution is 2.32. The molecule has 6 nitrogen and oxygen atoms in total. The predicted octanol–water partition coefficient (Wildman–Crippen LogP) is -0.333. The topological polar surface area (TPSA) is 84.7 Å². The lowest BCUT2D eigenvalue weighted by Gasteiger charge is -2.35. The van der Waals surface area contributed by atoms with E-state index >= 15 is 0 Å². The molecule has 1 saturated heterocycles. The van der Waals surface area contributed by atoms with Crippen molar-refractivity contribution in [3.63, 3.8) is 0 Å². The third-order valence-electron chi connectivity index (χ3n) is 3.47. The molecule has 0 amide bonds. The van der Waals surface area contributed by atoms with Gasteiger partial charge in [0.1, 0.15) is 0 Å². The second kappa shape index (κ2) is 5.42. The maximum absolute atomic E-state index is 12.3. The molecule has 0 radical (unpaired) electrons. The standard InChI is InChI=1S/C11H23N3O3S/c1-8-6-14(7-9(2)17-8)18(15,16)13-11(5-12)10-3-4-10/h8-11,13H,3-7,12H2,1-2H3. The number of hydrogen-bond donors (Lipinski definition) is 2. The number of ether oxygens (including phenoxy) is 1. The Labute approximate surface area is 109 Å². The molecule has 106 valence electrons. The molecule has 3 atom stereocenters. The van der Waals surface area contributed by atoms with Gasteiger partial charge >= 0.3 is 0 Å². The van der Waals surface area contributed by atoms with Crippen LogP contribution in [0.25, 0.3) is 0 Å². The smallest absolute Gasteiger partial charge is 0.279 e. The molecule has 0 spiro atoms. The average molecular weight is 277 g/mol. The van der Waals surface area contributed by atoms with Gasteiger partial charge in [-0.2, -0.15) is 17.4 Å². The zero-order valence-electron chi connectivity index (χ0n) is 11.0. The molecule has 0 bridgehead atoms. The molecule has 1 aliphatic carbocycles. The average Bonchev–Trinajstić information content (AvgIpc) is 3.08. The highest BCUT2D eigenvalue weighted by atomic mass is 32.2. The molecule has 18 heavy (non-hydrogen) atoms. The first-order valence-corrected chi connectivity index (χ1v) is 7.99. The number of hydrogen-bond acceptors (Lipinski definition) is 4. The van der Waals surface area contributed by atoms with Gasteiger partial charge in [0.25, 0.3) is 10.2 Å². The van der Waals surface area contributed by atoms with Crippen molar-refractivity contribution < 1.29 is 13.2 Å². The van der Waals surface area contributed by atoms with Crippen LogP contribution < -0.4 is 10.5 Å². The van der Waals surface area contributed by atoms with Crippen LogP contribution in [-0.4, -0.2) is 50.6 Å². The van der Waals surface area contributed by atoms with Gasteiger partial charge in [-0.15, -0.1) is 0 Å². The van der Waals surface area contributed by atoms with E-state index in [-0.39, 0.29) is 18.2 Å². The normalized spacial score (nSPS) is 32.4. The van der Waals surface area contributed by atoms with E-state index < -0.39 is 10.2 Å². The van der Waals surface area contributed by atoms with Crippen LogP contribution in [0.5, 0.6) is 0 Å². The first-order chi connectivity index (χ1) is 8.42. The van der Waals surface area contributed by atoms with Crippen LogP contribution >= 0.6 is 0 Å². The number of nitrogens with zero attached hydrogens (tertiary/aromatic N) is 1. The summed E-state index contributed by atoms with van der Waals surface area (Å²) in [5.41, 5.74) is 5.63. The van der Waals surface area contributed by atoms with Crippen LogP contribution in [0.3, 0.4) is 0 Å². The Kier molecular flexibility index (Phi) is 4.28. The molecule has 0 aromatic heterocycles. The molecule has 1 aliphatic heterocycles. The molecule has 2 fully saturated rings. The van der Waals surface area contributed by atoms with Gasteiger partial charge in [0.15, 0.2) is 0 Å². The van der Waals surface area contributed by atoms with Crippen LogP contribution in [0.4, 0.5) is 0 Å². The predicted molar refractivity (Wildman–Crippen MR) is 69.2 cm³/mol. The largest absolute Gasteiger partial charge is 0.373 e. The lowest BCUT2D eigenvalue weighted by molar-refractivity contribution is -0.0444. The molecule has 0 aromatic carbocycles. The van der Waals surface area contributed by atoms with E-state index in [1.54, 1.807) is 0 Å². The van der Waals surface area contributed by atoms with Crippen molar-refractivity contribution in [2.75, 3.05) is 19.6 Å². The molecule has 0 aromatic rings. The Balaban J connectivity index is 2.00. The minimum absolute atomic E-state index is 0.0671. The van der Waals surface area contributed by atoms with Crippen molar-refractivity contribution in [3.8, 4) is 0 Å². The Bertz CT molecular complexity index is 373. The summed E-state index contributed by atoms with van der Waals surface area (Å²) in [6, 6.07) is -0.122. The van der Waals surface area contributed by atoms with Gasteiger partial charge in [-0.05, 0) is 32.6 Å². The lowest BCUT2D eigenvalue weighted by atomic mass is 10.2. The maximum atomic E-state index is 12.3. The molecular formula is C11H23N3O3S. The molecule has 7 heteroatoms. The summed E-state index contributed by atoms with van der Waals surface area (Å²) in [7, 11) is -3.44. The van der Waals surface area contributed by atoms with Gasteiger partial charge in [-0.25, -0.2) is 0 Å².